The number of unbranched alkanes of at least 4 members (excludes halogenated alkanes) is 2. The summed E-state index contributed by atoms with van der Waals surface area (Å²) < 4.78 is 6.19. The van der Waals surface area contributed by atoms with Gasteiger partial charge in [-0.1, -0.05) is 69.4 Å². The van der Waals surface area contributed by atoms with Gasteiger partial charge in [0.1, 0.15) is 0 Å². The fourth-order valence-electron chi connectivity index (χ4n) is 3.92. The van der Waals surface area contributed by atoms with E-state index in [1.54, 1.807) is 0 Å². The first kappa shape index (κ1) is 21.5. The van der Waals surface area contributed by atoms with Crippen LogP contribution in [0, 0.1) is 11.8 Å². The molecule has 2 rings (SSSR count). The second kappa shape index (κ2) is 11.8. The molecule has 0 aliphatic carbocycles. The lowest BCUT2D eigenvalue weighted by atomic mass is 9.77. The minimum atomic E-state index is 0.408. The molecule has 0 aromatic heterocycles. The van der Waals surface area contributed by atoms with E-state index in [1.165, 1.54) is 32.1 Å². The van der Waals surface area contributed by atoms with Crippen molar-refractivity contribution in [2.75, 3.05) is 13.1 Å². The number of nitrogens with one attached hydrogen (secondary N) is 2. The summed E-state index contributed by atoms with van der Waals surface area (Å²) >= 11 is 10.7. The fourth-order valence-corrected chi connectivity index (χ4v) is 4.24. The van der Waals surface area contributed by atoms with Crippen molar-refractivity contribution in [2.45, 2.75) is 71.0 Å². The van der Waals surface area contributed by atoms with E-state index in [0.29, 0.717) is 30.6 Å². The van der Waals surface area contributed by atoms with Crippen LogP contribution in [0.3, 0.4) is 0 Å². The summed E-state index contributed by atoms with van der Waals surface area (Å²) in [6.45, 7) is 5.85. The Morgan fingerprint density at radius 3 is 2.54 bits per heavy atom. The predicted octanol–water partition coefficient (Wildman–Crippen LogP) is 4.72. The van der Waals surface area contributed by atoms with Crippen molar-refractivity contribution in [1.82, 2.24) is 10.6 Å². The molecule has 2 saturated heterocycles. The highest BCUT2D eigenvalue weighted by Gasteiger charge is 2.47. The van der Waals surface area contributed by atoms with Crippen LogP contribution in [-0.2, 0) is 4.74 Å². The van der Waals surface area contributed by atoms with Gasteiger partial charge in [-0.3, -0.25) is 0 Å². The Morgan fingerprint density at radius 1 is 1.04 bits per heavy atom. The van der Waals surface area contributed by atoms with Crippen LogP contribution in [0.5, 0.6) is 0 Å². The maximum atomic E-state index is 6.19. The molecule has 146 valence electrons. The minimum absolute atomic E-state index is 0.408. The molecule has 2 aliphatic rings. The van der Waals surface area contributed by atoms with Crippen molar-refractivity contribution in [3.05, 3.63) is 24.3 Å². The normalized spacial score (nSPS) is 27.5. The standard InChI is InChI=1S/C21H34N2OS2/c1-3-5-7-8-9-10-16-17(19-13-12-18(16)24-19)14-22-21(26)15-23-20(25)11-6-4-2/h6,8-9,11,16-19H,3-5,7,10,12-15H2,1-2H3,(H,22,26)(H,23,25)/t16-,17+,18-,19+/m1/s1. The third-order valence-electron chi connectivity index (χ3n) is 5.35. The van der Waals surface area contributed by atoms with E-state index < -0.39 is 0 Å². The molecule has 26 heavy (non-hydrogen) atoms. The Hall–Kier alpha value is -0.780. The van der Waals surface area contributed by atoms with Crippen LogP contribution in [0.4, 0.5) is 0 Å². The largest absolute Gasteiger partial charge is 0.378 e. The molecule has 2 N–H and O–H groups in total. The molecule has 2 bridgehead atoms. The van der Waals surface area contributed by atoms with Gasteiger partial charge >= 0.3 is 0 Å². The Morgan fingerprint density at radius 2 is 1.81 bits per heavy atom. The summed E-state index contributed by atoms with van der Waals surface area (Å²) in [7, 11) is 0. The Balaban J connectivity index is 1.73. The summed E-state index contributed by atoms with van der Waals surface area (Å²) in [4.78, 5) is 1.58. The van der Waals surface area contributed by atoms with Gasteiger partial charge in [-0.2, -0.15) is 0 Å². The molecule has 0 unspecified atom stereocenters. The highest BCUT2D eigenvalue weighted by Crippen LogP contribution is 2.44. The van der Waals surface area contributed by atoms with Crippen molar-refractivity contribution in [3.8, 4) is 0 Å². The maximum absolute atomic E-state index is 6.19. The van der Waals surface area contributed by atoms with Crippen molar-refractivity contribution < 1.29 is 4.74 Å². The number of thiocarbonyl (C=S) groups is 2. The molecule has 0 aromatic carbocycles. The molecule has 3 nitrogen and oxygen atoms in total. The van der Waals surface area contributed by atoms with Crippen molar-refractivity contribution in [2.24, 2.45) is 11.8 Å². The van der Waals surface area contributed by atoms with Crippen molar-refractivity contribution >= 4 is 34.4 Å². The SMILES string of the molecule is CCC=CC(=S)NCC(=S)NC[C@H]1[C@@H](CC=CCCCC)[C@H]2CC[C@@H]1O2. The van der Waals surface area contributed by atoms with E-state index in [2.05, 4.69) is 42.7 Å². The van der Waals surface area contributed by atoms with Gasteiger partial charge in [-0.05, 0) is 44.1 Å². The molecule has 0 amide bonds. The molecule has 5 heteroatoms. The summed E-state index contributed by atoms with van der Waals surface area (Å²) in [6, 6.07) is 0. The van der Waals surface area contributed by atoms with Gasteiger partial charge in [0.05, 0.1) is 28.7 Å². The first-order chi connectivity index (χ1) is 12.7. The third kappa shape index (κ3) is 6.75. The number of hydrogen-bond acceptors (Lipinski definition) is 3. The summed E-state index contributed by atoms with van der Waals surface area (Å²) in [6.07, 6.45) is 17.8. The lowest BCUT2D eigenvalue weighted by Gasteiger charge is -2.28. The maximum Gasteiger partial charge on any atom is 0.0988 e. The molecule has 0 saturated carbocycles. The topological polar surface area (TPSA) is 33.3 Å². The number of fused-ring (bicyclic) bond motifs is 2. The summed E-state index contributed by atoms with van der Waals surface area (Å²) in [5.74, 6) is 1.19. The summed E-state index contributed by atoms with van der Waals surface area (Å²) in [5, 5.41) is 6.63. The monoisotopic (exact) mass is 394 g/mol. The molecular formula is C21H34N2OS2. The van der Waals surface area contributed by atoms with E-state index >= 15 is 0 Å². The lowest BCUT2D eigenvalue weighted by molar-refractivity contribution is 0.0876. The Kier molecular flexibility index (Phi) is 9.79. The zero-order valence-electron chi connectivity index (χ0n) is 16.2. The van der Waals surface area contributed by atoms with Crippen LogP contribution in [-0.4, -0.2) is 35.3 Å². The minimum Gasteiger partial charge on any atom is -0.378 e. The van der Waals surface area contributed by atoms with Gasteiger partial charge in [-0.15, -0.1) is 0 Å². The van der Waals surface area contributed by atoms with E-state index in [4.69, 9.17) is 29.2 Å². The fraction of sp³-hybridized carbons (Fsp3) is 0.714. The predicted molar refractivity (Wildman–Crippen MR) is 119 cm³/mol. The molecule has 2 fully saturated rings. The van der Waals surface area contributed by atoms with Gasteiger partial charge in [0.25, 0.3) is 0 Å². The molecule has 0 aromatic rings. The Bertz CT molecular complexity index is 518. The lowest BCUT2D eigenvalue weighted by Crippen LogP contribution is -2.41. The molecule has 4 atom stereocenters. The average Bonchev–Trinajstić information content (AvgIpc) is 3.24. The number of allylic oxidation sites excluding steroid dienone is 3. The van der Waals surface area contributed by atoms with E-state index in [-0.39, 0.29) is 0 Å². The zero-order valence-corrected chi connectivity index (χ0v) is 17.8. The second-order valence-electron chi connectivity index (χ2n) is 7.30. The Labute approximate surface area is 170 Å². The highest BCUT2D eigenvalue weighted by molar-refractivity contribution is 7.81. The zero-order chi connectivity index (χ0) is 18.8. The smallest absolute Gasteiger partial charge is 0.0988 e. The van der Waals surface area contributed by atoms with Crippen molar-refractivity contribution in [1.29, 1.82) is 0 Å². The van der Waals surface area contributed by atoms with Crippen molar-refractivity contribution in [3.63, 3.8) is 0 Å². The van der Waals surface area contributed by atoms with Crippen LogP contribution < -0.4 is 10.6 Å². The average molecular weight is 395 g/mol. The van der Waals surface area contributed by atoms with E-state index in [0.717, 1.165) is 29.4 Å². The van der Waals surface area contributed by atoms with Crippen LogP contribution in [0.1, 0.15) is 58.8 Å². The van der Waals surface area contributed by atoms with Crippen LogP contribution in [0.2, 0.25) is 0 Å². The number of hydrogen-bond donors (Lipinski definition) is 2. The van der Waals surface area contributed by atoms with Gasteiger partial charge in [0, 0.05) is 12.5 Å². The molecule has 2 heterocycles. The number of ether oxygens (including phenoxy) is 1. The van der Waals surface area contributed by atoms with Gasteiger partial charge in [-0.25, -0.2) is 0 Å². The van der Waals surface area contributed by atoms with E-state index in [9.17, 15) is 0 Å². The van der Waals surface area contributed by atoms with Crippen LogP contribution in [0.25, 0.3) is 0 Å². The first-order valence-electron chi connectivity index (χ1n) is 10.2. The molecule has 0 radical (unpaired) electrons. The highest BCUT2D eigenvalue weighted by atomic mass is 32.1. The second-order valence-corrected chi connectivity index (χ2v) is 8.23. The molecule has 2 aliphatic heterocycles. The van der Waals surface area contributed by atoms with Gasteiger partial charge in [0.15, 0.2) is 0 Å². The van der Waals surface area contributed by atoms with Gasteiger partial charge < -0.3 is 15.4 Å². The van der Waals surface area contributed by atoms with Crippen LogP contribution in [0.15, 0.2) is 24.3 Å². The molecule has 0 spiro atoms. The first-order valence-corrected chi connectivity index (χ1v) is 11.0. The third-order valence-corrected chi connectivity index (χ3v) is 5.92. The van der Waals surface area contributed by atoms with Crippen LogP contribution >= 0.6 is 24.4 Å². The number of rotatable bonds is 11. The van der Waals surface area contributed by atoms with Gasteiger partial charge in [0.2, 0.25) is 0 Å². The quantitative estimate of drug-likeness (QED) is 0.229. The van der Waals surface area contributed by atoms with E-state index in [1.807, 2.05) is 6.08 Å². The molecular weight excluding hydrogens is 360 g/mol. The summed E-state index contributed by atoms with van der Waals surface area (Å²) in [5.41, 5.74) is 0.